The molecule has 19 heavy (non-hydrogen) atoms. The third-order valence-corrected chi connectivity index (χ3v) is 3.10. The first-order valence-electron chi connectivity index (χ1n) is 6.65. The van der Waals surface area contributed by atoms with Gasteiger partial charge in [-0.3, -0.25) is 4.79 Å². The highest BCUT2D eigenvalue weighted by Gasteiger charge is 2.17. The fourth-order valence-corrected chi connectivity index (χ4v) is 1.91. The molecule has 3 nitrogen and oxygen atoms in total. The Morgan fingerprint density at radius 3 is 2.32 bits per heavy atom. The summed E-state index contributed by atoms with van der Waals surface area (Å²) in [6, 6.07) is 10.2. The van der Waals surface area contributed by atoms with Crippen LogP contribution in [0.1, 0.15) is 51.2 Å². The Labute approximate surface area is 115 Å². The van der Waals surface area contributed by atoms with E-state index in [1.807, 2.05) is 31.2 Å². The van der Waals surface area contributed by atoms with Gasteiger partial charge in [0, 0.05) is 13.0 Å². The van der Waals surface area contributed by atoms with Gasteiger partial charge in [-0.25, -0.2) is 0 Å². The van der Waals surface area contributed by atoms with Crippen LogP contribution in [0, 0.1) is 11.3 Å². The molecule has 1 amide bonds. The number of nitrogens with zero attached hydrogens (tertiary/aromatic N) is 1. The number of amides is 1. The van der Waals surface area contributed by atoms with Gasteiger partial charge in [0.25, 0.3) is 0 Å². The Morgan fingerprint density at radius 2 is 1.89 bits per heavy atom. The molecular formula is C16H22N2O. The lowest BCUT2D eigenvalue weighted by Crippen LogP contribution is -2.24. The summed E-state index contributed by atoms with van der Waals surface area (Å²) in [4.78, 5) is 11.5. The number of nitrogens with one attached hydrogen (secondary N) is 1. The molecule has 102 valence electrons. The minimum Gasteiger partial charge on any atom is -0.356 e. The van der Waals surface area contributed by atoms with Crippen molar-refractivity contribution in [1.82, 2.24) is 5.32 Å². The predicted molar refractivity (Wildman–Crippen MR) is 76.8 cm³/mol. The Balaban J connectivity index is 2.83. The predicted octanol–water partition coefficient (Wildman–Crippen LogP) is 3.12. The summed E-state index contributed by atoms with van der Waals surface area (Å²) in [5.41, 5.74) is 2.23. The molecule has 1 aromatic rings. The van der Waals surface area contributed by atoms with E-state index < -0.39 is 0 Å². The van der Waals surface area contributed by atoms with Crippen molar-refractivity contribution >= 4 is 5.91 Å². The maximum absolute atomic E-state index is 11.5. The summed E-state index contributed by atoms with van der Waals surface area (Å²) in [5, 5.41) is 11.9. The van der Waals surface area contributed by atoms with E-state index in [0.29, 0.717) is 6.54 Å². The van der Waals surface area contributed by atoms with E-state index in [0.717, 1.165) is 5.56 Å². The lowest BCUT2D eigenvalue weighted by atomic mass is 9.85. The molecule has 0 bridgehead atoms. The lowest BCUT2D eigenvalue weighted by Gasteiger charge is -2.19. The molecule has 0 aliphatic rings. The van der Waals surface area contributed by atoms with Crippen LogP contribution in [-0.2, 0) is 10.2 Å². The first-order chi connectivity index (χ1) is 8.88. The van der Waals surface area contributed by atoms with Crippen molar-refractivity contribution in [3.8, 4) is 6.07 Å². The highest BCUT2D eigenvalue weighted by molar-refractivity contribution is 5.77. The zero-order valence-corrected chi connectivity index (χ0v) is 12.2. The summed E-state index contributed by atoms with van der Waals surface area (Å²) in [6.07, 6.45) is 0.221. The maximum Gasteiger partial charge on any atom is 0.221 e. The number of benzene rings is 1. The molecule has 0 saturated carbocycles. The second kappa shape index (κ2) is 6.38. The van der Waals surface area contributed by atoms with Crippen LogP contribution in [0.2, 0.25) is 0 Å². The molecule has 1 unspecified atom stereocenters. The van der Waals surface area contributed by atoms with Gasteiger partial charge in [0.15, 0.2) is 0 Å². The SMILES string of the molecule is CCNC(=O)CC(C#N)c1ccc(C(C)(C)C)cc1. The number of carbonyl (C=O) groups excluding carboxylic acids is 1. The first-order valence-corrected chi connectivity index (χ1v) is 6.65. The van der Waals surface area contributed by atoms with Crippen molar-refractivity contribution in [3.63, 3.8) is 0 Å². The van der Waals surface area contributed by atoms with E-state index >= 15 is 0 Å². The van der Waals surface area contributed by atoms with Crippen LogP contribution >= 0.6 is 0 Å². The molecule has 0 aliphatic heterocycles. The number of carbonyl (C=O) groups is 1. The van der Waals surface area contributed by atoms with E-state index in [9.17, 15) is 10.1 Å². The van der Waals surface area contributed by atoms with Gasteiger partial charge in [-0.2, -0.15) is 5.26 Å². The van der Waals surface area contributed by atoms with Crippen LogP contribution in [0.3, 0.4) is 0 Å². The average Bonchev–Trinajstić information content (AvgIpc) is 2.35. The van der Waals surface area contributed by atoms with E-state index in [4.69, 9.17) is 0 Å². The summed E-state index contributed by atoms with van der Waals surface area (Å²) in [7, 11) is 0. The van der Waals surface area contributed by atoms with Crippen molar-refractivity contribution in [3.05, 3.63) is 35.4 Å². The van der Waals surface area contributed by atoms with Crippen LogP contribution in [0.5, 0.6) is 0 Å². The molecule has 1 atom stereocenters. The summed E-state index contributed by atoms with van der Waals surface area (Å²) < 4.78 is 0. The van der Waals surface area contributed by atoms with Crippen molar-refractivity contribution in [1.29, 1.82) is 5.26 Å². The monoisotopic (exact) mass is 258 g/mol. The third kappa shape index (κ3) is 4.40. The van der Waals surface area contributed by atoms with Gasteiger partial charge < -0.3 is 5.32 Å². The van der Waals surface area contributed by atoms with Gasteiger partial charge in [-0.1, -0.05) is 45.0 Å². The molecular weight excluding hydrogens is 236 g/mol. The molecule has 0 radical (unpaired) electrons. The number of hydrogen-bond donors (Lipinski definition) is 1. The normalized spacial score (nSPS) is 12.6. The molecule has 1 rings (SSSR count). The molecule has 0 fully saturated rings. The molecule has 3 heteroatoms. The van der Waals surface area contributed by atoms with Crippen LogP contribution in [0.4, 0.5) is 0 Å². The van der Waals surface area contributed by atoms with Crippen molar-refractivity contribution in [2.24, 2.45) is 0 Å². The van der Waals surface area contributed by atoms with Gasteiger partial charge >= 0.3 is 0 Å². The smallest absolute Gasteiger partial charge is 0.221 e. The van der Waals surface area contributed by atoms with E-state index in [-0.39, 0.29) is 23.7 Å². The molecule has 0 aromatic heterocycles. The third-order valence-electron chi connectivity index (χ3n) is 3.10. The van der Waals surface area contributed by atoms with Gasteiger partial charge in [0.2, 0.25) is 5.91 Å². The van der Waals surface area contributed by atoms with E-state index in [2.05, 4.69) is 32.2 Å². The van der Waals surface area contributed by atoms with Gasteiger partial charge in [-0.05, 0) is 23.5 Å². The Morgan fingerprint density at radius 1 is 1.32 bits per heavy atom. The minimum absolute atomic E-state index is 0.0750. The summed E-state index contributed by atoms with van der Waals surface area (Å²) in [5.74, 6) is -0.450. The van der Waals surface area contributed by atoms with Gasteiger partial charge in [0.1, 0.15) is 0 Å². The maximum atomic E-state index is 11.5. The number of hydrogen-bond acceptors (Lipinski definition) is 2. The quantitative estimate of drug-likeness (QED) is 0.902. The highest BCUT2D eigenvalue weighted by atomic mass is 16.1. The summed E-state index contributed by atoms with van der Waals surface area (Å²) in [6.45, 7) is 8.92. The van der Waals surface area contributed by atoms with Crippen molar-refractivity contribution < 1.29 is 4.79 Å². The molecule has 1 N–H and O–H groups in total. The minimum atomic E-state index is -0.374. The largest absolute Gasteiger partial charge is 0.356 e. The van der Waals surface area contributed by atoms with Gasteiger partial charge in [0.05, 0.1) is 12.0 Å². The fourth-order valence-electron chi connectivity index (χ4n) is 1.91. The molecule has 0 aliphatic carbocycles. The van der Waals surface area contributed by atoms with E-state index in [1.54, 1.807) is 0 Å². The molecule has 1 aromatic carbocycles. The summed E-state index contributed by atoms with van der Waals surface area (Å²) >= 11 is 0. The standard InChI is InChI=1S/C16H22N2O/c1-5-18-15(19)10-13(11-17)12-6-8-14(9-7-12)16(2,3)4/h6-9,13H,5,10H2,1-4H3,(H,18,19). The van der Waals surface area contributed by atoms with Crippen molar-refractivity contribution in [2.45, 2.75) is 45.4 Å². The number of nitriles is 1. The second-order valence-corrected chi connectivity index (χ2v) is 5.71. The van der Waals surface area contributed by atoms with Crippen molar-refractivity contribution in [2.75, 3.05) is 6.54 Å². The zero-order valence-electron chi connectivity index (χ0n) is 12.2. The van der Waals surface area contributed by atoms with Crippen LogP contribution in [-0.4, -0.2) is 12.5 Å². The van der Waals surface area contributed by atoms with Gasteiger partial charge in [-0.15, -0.1) is 0 Å². The molecule has 0 saturated heterocycles. The van der Waals surface area contributed by atoms with E-state index in [1.165, 1.54) is 5.56 Å². The van der Waals surface area contributed by atoms with Crippen LogP contribution < -0.4 is 5.32 Å². The van der Waals surface area contributed by atoms with Crippen LogP contribution in [0.15, 0.2) is 24.3 Å². The Bertz CT molecular complexity index is 463. The lowest BCUT2D eigenvalue weighted by molar-refractivity contribution is -0.121. The number of rotatable bonds is 4. The first kappa shape index (κ1) is 15.2. The second-order valence-electron chi connectivity index (χ2n) is 5.71. The molecule has 0 heterocycles. The van der Waals surface area contributed by atoms with Crippen LogP contribution in [0.25, 0.3) is 0 Å². The topological polar surface area (TPSA) is 52.9 Å². The fraction of sp³-hybridized carbons (Fsp3) is 0.500. The zero-order chi connectivity index (χ0) is 14.5. The highest BCUT2D eigenvalue weighted by Crippen LogP contribution is 2.25. The average molecular weight is 258 g/mol. The Hall–Kier alpha value is -1.82. The molecule has 0 spiro atoms. The Kier molecular flexibility index (Phi) is 5.11.